The molecule has 3 N–H and O–H groups in total. The number of halogens is 2. The van der Waals surface area contributed by atoms with Gasteiger partial charge in [-0.2, -0.15) is 0 Å². The van der Waals surface area contributed by atoms with Crippen molar-refractivity contribution in [2.24, 2.45) is 5.92 Å². The average Bonchev–Trinajstić information content (AvgIpc) is 3.05. The van der Waals surface area contributed by atoms with Crippen LogP contribution in [0.25, 0.3) is 10.9 Å². The molecule has 0 aliphatic carbocycles. The Bertz CT molecular complexity index is 1110. The topological polar surface area (TPSA) is 92.2 Å². The second kappa shape index (κ2) is 9.32. The van der Waals surface area contributed by atoms with Crippen molar-refractivity contribution in [2.75, 3.05) is 17.3 Å². The maximum absolute atomic E-state index is 12.9. The normalized spacial score (nSPS) is 10.8. The van der Waals surface area contributed by atoms with Crippen LogP contribution in [0, 0.1) is 5.92 Å². The zero-order valence-corrected chi connectivity index (χ0v) is 18.7. The first-order chi connectivity index (χ1) is 14.2. The maximum Gasteiger partial charge on any atom is 0.328 e. The summed E-state index contributed by atoms with van der Waals surface area (Å²) in [6.07, 6.45) is 0. The van der Waals surface area contributed by atoms with Gasteiger partial charge in [-0.15, -0.1) is 0 Å². The molecular weight excluding hydrogens is 472 g/mol. The van der Waals surface area contributed by atoms with Gasteiger partial charge in [0.25, 0.3) is 5.91 Å². The smallest absolute Gasteiger partial charge is 0.328 e. The number of benzene rings is 2. The Kier molecular flexibility index (Phi) is 6.79. The van der Waals surface area contributed by atoms with E-state index < -0.39 is 17.7 Å². The molecule has 0 saturated carbocycles. The minimum atomic E-state index is -0.864. The van der Waals surface area contributed by atoms with Gasteiger partial charge in [0, 0.05) is 27.1 Å². The Morgan fingerprint density at radius 3 is 2.40 bits per heavy atom. The highest BCUT2D eigenvalue weighted by molar-refractivity contribution is 9.10. The summed E-state index contributed by atoms with van der Waals surface area (Å²) in [5.74, 6) is -1.89. The minimum Gasteiger partial charge on any atom is -0.348 e. The van der Waals surface area contributed by atoms with Gasteiger partial charge in [-0.3, -0.25) is 19.8 Å². The molecule has 2 aromatic carbocycles. The molecule has 1 aromatic heterocycles. The molecule has 0 spiro atoms. The van der Waals surface area contributed by atoms with Crippen molar-refractivity contribution in [3.8, 4) is 0 Å². The Balaban J connectivity index is 1.91. The lowest BCUT2D eigenvalue weighted by Crippen LogP contribution is -2.41. The number of fused-ring (bicyclic) bond motifs is 1. The molecular formula is C21H20BrClN4O3. The summed E-state index contributed by atoms with van der Waals surface area (Å²) in [4.78, 5) is 37.4. The first-order valence-corrected chi connectivity index (χ1v) is 10.4. The van der Waals surface area contributed by atoms with E-state index in [0.29, 0.717) is 28.2 Å². The van der Waals surface area contributed by atoms with E-state index in [9.17, 15) is 14.4 Å². The number of anilines is 1. The van der Waals surface area contributed by atoms with Gasteiger partial charge in [-0.25, -0.2) is 4.68 Å². The SMILES string of the molecule is CC(C)CNC(=O)C(=O)Nn1c(C(=O)Nc2ccc(Cl)cc2)cc2cc(Br)ccc21. The number of carbonyl (C=O) groups excluding carboxylic acids is 3. The second-order valence-electron chi connectivity index (χ2n) is 7.07. The molecule has 0 bridgehead atoms. The lowest BCUT2D eigenvalue weighted by Gasteiger charge is -2.13. The largest absolute Gasteiger partial charge is 0.348 e. The van der Waals surface area contributed by atoms with Crippen LogP contribution in [0.1, 0.15) is 24.3 Å². The molecule has 0 aliphatic heterocycles. The third kappa shape index (κ3) is 5.20. The van der Waals surface area contributed by atoms with Crippen molar-refractivity contribution >= 4 is 61.8 Å². The fourth-order valence-electron chi connectivity index (χ4n) is 2.73. The molecule has 0 unspecified atom stereocenters. The molecule has 1 heterocycles. The summed E-state index contributed by atoms with van der Waals surface area (Å²) in [6.45, 7) is 4.22. The summed E-state index contributed by atoms with van der Waals surface area (Å²) in [5.41, 5.74) is 3.81. The Hall–Kier alpha value is -2.84. The minimum absolute atomic E-state index is 0.169. The molecule has 7 nitrogen and oxygen atoms in total. The van der Waals surface area contributed by atoms with E-state index in [-0.39, 0.29) is 11.6 Å². The number of hydrogen-bond donors (Lipinski definition) is 3. The van der Waals surface area contributed by atoms with Crippen LogP contribution >= 0.6 is 27.5 Å². The van der Waals surface area contributed by atoms with Crippen molar-refractivity contribution in [1.82, 2.24) is 9.99 Å². The van der Waals surface area contributed by atoms with Gasteiger partial charge in [0.1, 0.15) is 5.69 Å². The van der Waals surface area contributed by atoms with Crippen LogP contribution in [0.15, 0.2) is 53.0 Å². The van der Waals surface area contributed by atoms with E-state index in [1.165, 1.54) is 4.68 Å². The van der Waals surface area contributed by atoms with Gasteiger partial charge in [-0.1, -0.05) is 41.4 Å². The number of hydrogen-bond acceptors (Lipinski definition) is 3. The quantitative estimate of drug-likeness (QED) is 0.468. The molecule has 9 heteroatoms. The predicted molar refractivity (Wildman–Crippen MR) is 121 cm³/mol. The second-order valence-corrected chi connectivity index (χ2v) is 8.43. The molecule has 0 fully saturated rings. The Labute approximate surface area is 186 Å². The van der Waals surface area contributed by atoms with Gasteiger partial charge in [0.15, 0.2) is 0 Å². The highest BCUT2D eigenvalue weighted by Crippen LogP contribution is 2.24. The van der Waals surface area contributed by atoms with E-state index in [1.54, 1.807) is 42.5 Å². The van der Waals surface area contributed by atoms with Gasteiger partial charge in [0.05, 0.1) is 5.52 Å². The third-order valence-electron chi connectivity index (χ3n) is 4.19. The molecule has 0 saturated heterocycles. The first kappa shape index (κ1) is 21.9. The summed E-state index contributed by atoms with van der Waals surface area (Å²) in [6, 6.07) is 13.6. The molecule has 3 amide bonds. The van der Waals surface area contributed by atoms with Crippen LogP contribution in [0.4, 0.5) is 5.69 Å². The summed E-state index contributed by atoms with van der Waals surface area (Å²) < 4.78 is 2.13. The van der Waals surface area contributed by atoms with E-state index in [1.807, 2.05) is 19.9 Å². The molecule has 3 rings (SSSR count). The lowest BCUT2D eigenvalue weighted by atomic mass is 10.2. The Morgan fingerprint density at radius 1 is 1.03 bits per heavy atom. The number of carbonyl (C=O) groups is 3. The van der Waals surface area contributed by atoms with E-state index in [4.69, 9.17) is 11.6 Å². The highest BCUT2D eigenvalue weighted by Gasteiger charge is 2.21. The molecule has 30 heavy (non-hydrogen) atoms. The standard InChI is InChI=1S/C21H20BrClN4O3/c1-12(2)11-24-20(29)21(30)26-27-17-8-3-14(22)9-13(17)10-18(27)19(28)25-16-6-4-15(23)5-7-16/h3-10,12H,11H2,1-2H3,(H,24,29)(H,25,28)(H,26,30). The molecule has 0 radical (unpaired) electrons. The Morgan fingerprint density at radius 2 is 1.73 bits per heavy atom. The fraction of sp³-hybridized carbons (Fsp3) is 0.190. The van der Waals surface area contributed by atoms with Crippen LogP contribution in [0.5, 0.6) is 0 Å². The van der Waals surface area contributed by atoms with Gasteiger partial charge < -0.3 is 10.6 Å². The van der Waals surface area contributed by atoms with Gasteiger partial charge in [0.2, 0.25) is 0 Å². The zero-order chi connectivity index (χ0) is 21.8. The van der Waals surface area contributed by atoms with Crippen molar-refractivity contribution in [2.45, 2.75) is 13.8 Å². The summed E-state index contributed by atoms with van der Waals surface area (Å²) in [5, 5.41) is 6.59. The number of amides is 3. The number of nitrogens with one attached hydrogen (secondary N) is 3. The zero-order valence-electron chi connectivity index (χ0n) is 16.3. The van der Waals surface area contributed by atoms with Crippen molar-refractivity contribution < 1.29 is 14.4 Å². The maximum atomic E-state index is 12.9. The summed E-state index contributed by atoms with van der Waals surface area (Å²) >= 11 is 9.28. The monoisotopic (exact) mass is 490 g/mol. The van der Waals surface area contributed by atoms with Crippen LogP contribution < -0.4 is 16.1 Å². The van der Waals surface area contributed by atoms with Crippen LogP contribution in [0.2, 0.25) is 5.02 Å². The predicted octanol–water partition coefficient (Wildman–Crippen LogP) is 4.15. The highest BCUT2D eigenvalue weighted by atomic mass is 79.9. The molecule has 156 valence electrons. The fourth-order valence-corrected chi connectivity index (χ4v) is 3.24. The molecule has 3 aromatic rings. The van der Waals surface area contributed by atoms with E-state index in [2.05, 4.69) is 32.0 Å². The lowest BCUT2D eigenvalue weighted by molar-refractivity contribution is -0.136. The van der Waals surface area contributed by atoms with Crippen LogP contribution in [-0.2, 0) is 9.59 Å². The molecule has 0 aliphatic rings. The van der Waals surface area contributed by atoms with Gasteiger partial charge in [-0.05, 0) is 54.4 Å². The van der Waals surface area contributed by atoms with Gasteiger partial charge >= 0.3 is 11.8 Å². The number of aromatic nitrogens is 1. The van der Waals surface area contributed by atoms with E-state index >= 15 is 0 Å². The van der Waals surface area contributed by atoms with Crippen LogP contribution in [0.3, 0.4) is 0 Å². The van der Waals surface area contributed by atoms with Crippen molar-refractivity contribution in [1.29, 1.82) is 0 Å². The number of rotatable bonds is 5. The summed E-state index contributed by atoms with van der Waals surface area (Å²) in [7, 11) is 0. The van der Waals surface area contributed by atoms with E-state index in [0.717, 1.165) is 4.47 Å². The molecule has 0 atom stereocenters. The number of nitrogens with zero attached hydrogens (tertiary/aromatic N) is 1. The third-order valence-corrected chi connectivity index (χ3v) is 4.93. The first-order valence-electron chi connectivity index (χ1n) is 9.21. The van der Waals surface area contributed by atoms with Crippen molar-refractivity contribution in [3.63, 3.8) is 0 Å². The van der Waals surface area contributed by atoms with Crippen molar-refractivity contribution in [3.05, 3.63) is 63.7 Å². The average molecular weight is 492 g/mol. The van der Waals surface area contributed by atoms with Crippen LogP contribution in [-0.4, -0.2) is 28.9 Å².